The number of carbonyl (C=O) groups is 2. The Morgan fingerprint density at radius 3 is 2.59 bits per heavy atom. The molecular weight excluding hydrogens is 226 g/mol. The van der Waals surface area contributed by atoms with Gasteiger partial charge in [-0.15, -0.1) is 0 Å². The maximum Gasteiger partial charge on any atom is 0.328 e. The molecule has 0 aliphatic carbocycles. The number of carboxylic acids is 1. The molecule has 1 saturated heterocycles. The molecule has 1 rings (SSSR count). The molecule has 0 bridgehead atoms. The number of hydrogen-bond acceptors (Lipinski definition) is 4. The van der Waals surface area contributed by atoms with Crippen molar-refractivity contribution in [3.8, 4) is 0 Å². The summed E-state index contributed by atoms with van der Waals surface area (Å²) in [6, 6.07) is -1.37. The summed E-state index contributed by atoms with van der Waals surface area (Å²) in [6.07, 6.45) is 0.872. The minimum absolute atomic E-state index is 0.304. The van der Waals surface area contributed by atoms with E-state index in [0.717, 1.165) is 6.42 Å². The average Bonchev–Trinajstić information content (AvgIpc) is 2.74. The zero-order chi connectivity index (χ0) is 13.0. The van der Waals surface area contributed by atoms with E-state index in [-0.39, 0.29) is 0 Å². The van der Waals surface area contributed by atoms with Gasteiger partial charge in [-0.3, -0.25) is 0 Å². The number of aliphatic hydroxyl groups excluding tert-OH is 1. The summed E-state index contributed by atoms with van der Waals surface area (Å²) in [5.41, 5.74) is 0. The molecule has 7 heteroatoms. The number of amides is 2. The molecule has 0 aromatic rings. The summed E-state index contributed by atoms with van der Waals surface area (Å²) in [4.78, 5) is 26.0. The van der Waals surface area contributed by atoms with Gasteiger partial charge in [0.25, 0.3) is 0 Å². The van der Waals surface area contributed by atoms with E-state index in [1.165, 1.54) is 0 Å². The Morgan fingerprint density at radius 1 is 1.53 bits per heavy atom. The van der Waals surface area contributed by atoms with Crippen LogP contribution in [-0.2, 0) is 4.79 Å². The highest BCUT2D eigenvalue weighted by atomic mass is 16.4. The second kappa shape index (κ2) is 5.83. The van der Waals surface area contributed by atoms with Crippen LogP contribution in [0, 0.1) is 0 Å². The van der Waals surface area contributed by atoms with Crippen molar-refractivity contribution >= 4 is 12.0 Å². The number of carbonyl (C=O) groups excluding carboxylic acids is 1. The van der Waals surface area contributed by atoms with Gasteiger partial charge in [0.15, 0.2) is 6.04 Å². The van der Waals surface area contributed by atoms with Crippen molar-refractivity contribution in [2.24, 2.45) is 0 Å². The summed E-state index contributed by atoms with van der Waals surface area (Å²) in [5.74, 6) is -1.23. The molecule has 0 spiro atoms. The first-order valence-electron chi connectivity index (χ1n) is 5.51. The number of likely N-dealkylation sites (tertiary alicyclic amines) is 1. The summed E-state index contributed by atoms with van der Waals surface area (Å²) in [7, 11) is 3.89. The summed E-state index contributed by atoms with van der Waals surface area (Å²) < 4.78 is 0. The van der Waals surface area contributed by atoms with Crippen molar-refractivity contribution < 1.29 is 19.8 Å². The minimum Gasteiger partial charge on any atom is -0.480 e. The highest BCUT2D eigenvalue weighted by Gasteiger charge is 2.29. The molecule has 3 N–H and O–H groups in total. The topological polar surface area (TPSA) is 93.1 Å². The molecule has 0 aromatic carbocycles. The first-order valence-corrected chi connectivity index (χ1v) is 5.51. The van der Waals surface area contributed by atoms with Crippen LogP contribution in [0.15, 0.2) is 0 Å². The van der Waals surface area contributed by atoms with E-state index >= 15 is 0 Å². The molecule has 98 valence electrons. The van der Waals surface area contributed by atoms with Gasteiger partial charge in [-0.1, -0.05) is 0 Å². The van der Waals surface area contributed by atoms with Crippen LogP contribution in [0.3, 0.4) is 0 Å². The third-order valence-electron chi connectivity index (χ3n) is 2.96. The van der Waals surface area contributed by atoms with Gasteiger partial charge < -0.3 is 25.3 Å². The fraction of sp³-hybridized carbons (Fsp3) is 0.800. The lowest BCUT2D eigenvalue weighted by Gasteiger charge is -2.22. The van der Waals surface area contributed by atoms with Crippen LogP contribution < -0.4 is 5.32 Å². The number of likely N-dealkylation sites (N-methyl/N-ethyl adjacent to an activating group) is 1. The number of aliphatic carboxylic acids is 1. The Morgan fingerprint density at radius 2 is 2.18 bits per heavy atom. The number of urea groups is 1. The summed E-state index contributed by atoms with van der Waals surface area (Å²) >= 11 is 0. The van der Waals surface area contributed by atoms with Crippen LogP contribution in [0.4, 0.5) is 4.79 Å². The lowest BCUT2D eigenvalue weighted by Crippen LogP contribution is -2.49. The normalized spacial score (nSPS) is 21.6. The summed E-state index contributed by atoms with van der Waals surface area (Å²) in [6.45, 7) is 0.578. The van der Waals surface area contributed by atoms with Gasteiger partial charge in [0.1, 0.15) is 0 Å². The first-order chi connectivity index (χ1) is 7.95. The molecule has 1 aliphatic heterocycles. The Hall–Kier alpha value is -1.34. The van der Waals surface area contributed by atoms with Gasteiger partial charge in [-0.2, -0.15) is 0 Å². The minimum atomic E-state index is -1.24. The Balaban J connectivity index is 2.47. The van der Waals surface area contributed by atoms with Gasteiger partial charge in [0, 0.05) is 19.1 Å². The van der Waals surface area contributed by atoms with Crippen LogP contribution in [0.25, 0.3) is 0 Å². The third-order valence-corrected chi connectivity index (χ3v) is 2.96. The van der Waals surface area contributed by atoms with Crippen LogP contribution in [0.2, 0.25) is 0 Å². The largest absolute Gasteiger partial charge is 0.480 e. The Labute approximate surface area is 100.0 Å². The molecule has 1 aliphatic rings. The standard InChI is InChI=1S/C10H19N3O4/c1-12(2)7-3-4-13(5-7)10(17)11-8(6-14)9(15)16/h7-8,14H,3-6H2,1-2H3,(H,11,17)(H,15,16). The number of rotatable bonds is 4. The van der Waals surface area contributed by atoms with E-state index in [4.69, 9.17) is 10.2 Å². The molecule has 17 heavy (non-hydrogen) atoms. The number of nitrogens with zero attached hydrogens (tertiary/aromatic N) is 2. The van der Waals surface area contributed by atoms with E-state index in [9.17, 15) is 9.59 Å². The molecule has 2 amide bonds. The van der Waals surface area contributed by atoms with Crippen molar-refractivity contribution in [2.45, 2.75) is 18.5 Å². The van der Waals surface area contributed by atoms with Crippen LogP contribution in [0.1, 0.15) is 6.42 Å². The maximum atomic E-state index is 11.7. The SMILES string of the molecule is CN(C)C1CCN(C(=O)NC(CO)C(=O)O)C1. The van der Waals surface area contributed by atoms with Crippen molar-refractivity contribution in [2.75, 3.05) is 33.8 Å². The quantitative estimate of drug-likeness (QED) is 0.577. The van der Waals surface area contributed by atoms with E-state index in [2.05, 4.69) is 5.32 Å². The number of hydrogen-bond donors (Lipinski definition) is 3. The van der Waals surface area contributed by atoms with Crippen LogP contribution in [0.5, 0.6) is 0 Å². The molecular formula is C10H19N3O4. The smallest absolute Gasteiger partial charge is 0.328 e. The first kappa shape index (κ1) is 13.7. The van der Waals surface area contributed by atoms with E-state index < -0.39 is 24.6 Å². The van der Waals surface area contributed by atoms with Crippen molar-refractivity contribution in [3.63, 3.8) is 0 Å². The second-order valence-electron chi connectivity index (χ2n) is 4.38. The lowest BCUT2D eigenvalue weighted by molar-refractivity contribution is -0.140. The molecule has 0 saturated carbocycles. The highest BCUT2D eigenvalue weighted by molar-refractivity contribution is 5.82. The lowest BCUT2D eigenvalue weighted by atomic mass is 10.2. The average molecular weight is 245 g/mol. The van der Waals surface area contributed by atoms with Crippen LogP contribution in [-0.4, -0.2) is 77.9 Å². The van der Waals surface area contributed by atoms with Crippen molar-refractivity contribution in [1.82, 2.24) is 15.1 Å². The predicted octanol–water partition coefficient (Wildman–Crippen LogP) is -1.22. The highest BCUT2D eigenvalue weighted by Crippen LogP contribution is 2.13. The Kier molecular flexibility index (Phi) is 4.71. The molecule has 7 nitrogen and oxygen atoms in total. The van der Waals surface area contributed by atoms with E-state index in [1.54, 1.807) is 4.90 Å². The molecule has 0 radical (unpaired) electrons. The fourth-order valence-electron chi connectivity index (χ4n) is 1.77. The molecule has 2 unspecified atom stereocenters. The molecule has 0 aromatic heterocycles. The second-order valence-corrected chi connectivity index (χ2v) is 4.38. The fourth-order valence-corrected chi connectivity index (χ4v) is 1.77. The van der Waals surface area contributed by atoms with Crippen LogP contribution >= 0.6 is 0 Å². The van der Waals surface area contributed by atoms with E-state index in [0.29, 0.717) is 19.1 Å². The number of aliphatic hydroxyl groups is 1. The third kappa shape index (κ3) is 3.57. The van der Waals surface area contributed by atoms with Crippen molar-refractivity contribution in [1.29, 1.82) is 0 Å². The Bertz CT molecular complexity index is 295. The van der Waals surface area contributed by atoms with Gasteiger partial charge >= 0.3 is 12.0 Å². The van der Waals surface area contributed by atoms with Gasteiger partial charge in [-0.05, 0) is 20.5 Å². The molecule has 1 fully saturated rings. The zero-order valence-corrected chi connectivity index (χ0v) is 10.1. The molecule has 2 atom stereocenters. The number of nitrogens with one attached hydrogen (secondary N) is 1. The van der Waals surface area contributed by atoms with E-state index in [1.807, 2.05) is 19.0 Å². The van der Waals surface area contributed by atoms with Gasteiger partial charge in [0.2, 0.25) is 0 Å². The summed E-state index contributed by atoms with van der Waals surface area (Å²) in [5, 5.41) is 19.8. The number of carboxylic acid groups (broad SMARTS) is 1. The van der Waals surface area contributed by atoms with Crippen molar-refractivity contribution in [3.05, 3.63) is 0 Å². The monoisotopic (exact) mass is 245 g/mol. The maximum absolute atomic E-state index is 11.7. The zero-order valence-electron chi connectivity index (χ0n) is 10.1. The molecule has 1 heterocycles. The predicted molar refractivity (Wildman–Crippen MR) is 60.7 cm³/mol. The van der Waals surface area contributed by atoms with Gasteiger partial charge in [0.05, 0.1) is 6.61 Å². The van der Waals surface area contributed by atoms with Gasteiger partial charge in [-0.25, -0.2) is 9.59 Å².